The van der Waals surface area contributed by atoms with Crippen LogP contribution in [-0.2, 0) is 40.5 Å². The van der Waals surface area contributed by atoms with Crippen LogP contribution >= 0.6 is 0 Å². The molecule has 0 amide bonds. The molecule has 0 aliphatic carbocycles. The van der Waals surface area contributed by atoms with Gasteiger partial charge in [-0.2, -0.15) is 63.6 Å². The molecule has 28 nitrogen and oxygen atoms in total. The molecule has 6 rings (SSSR count). The second kappa shape index (κ2) is 30.5. The summed E-state index contributed by atoms with van der Waals surface area (Å²) in [6.07, 6.45) is 2.25. The number of rotatable bonds is 24. The zero-order chi connectivity index (χ0) is 52.4. The van der Waals surface area contributed by atoms with Crippen molar-refractivity contribution in [3.63, 3.8) is 0 Å². The molecule has 0 saturated heterocycles. The number of benzene rings is 4. The first-order chi connectivity index (χ1) is 34.0. The average molecular weight is 1170 g/mol. The third-order valence-corrected chi connectivity index (χ3v) is 13.1. The standard InChI is InChI=1S/C40H44N12O16S4.4Na/c53-17-13-51(14-18-54)39-47-35(41-27-3-1-5-31(21-27)69(57,58)59)45-37(49-39)43-29-11-9-25(33(23-29)71(63,64)65)7-8-26-10-12-30(24-34(26)72(66,67)68)44-38-46-36(48-40(50-38)52(15-19-55)16-20-56)42-28-4-2-6-32(22-28)70(60,61)62;;;;/h1-12,21-24,53-56H,13-20H2,(H,57,58,59)(H,60,61,62)(H,63,64,65)(H,66,67,68)(H2,41,43,45,47,49)(H2,42,44,46,48,50);;;;. The van der Waals surface area contributed by atoms with Crippen LogP contribution in [0.4, 0.5) is 58.4 Å². The number of anilines is 10. The van der Waals surface area contributed by atoms with Crippen LogP contribution < -0.4 is 31.1 Å². The third kappa shape index (κ3) is 19.9. The number of nitrogens with zero attached hydrogens (tertiary/aromatic N) is 8. The van der Waals surface area contributed by atoms with E-state index < -0.39 is 86.5 Å². The number of aliphatic hydroxyl groups is 4. The van der Waals surface area contributed by atoms with Crippen LogP contribution in [0.2, 0.25) is 0 Å². The molecule has 388 valence electrons. The van der Waals surface area contributed by atoms with Gasteiger partial charge in [0.1, 0.15) is 9.79 Å². The Hall–Kier alpha value is -3.08. The summed E-state index contributed by atoms with van der Waals surface area (Å²) < 4.78 is 138. The Bertz CT molecular complexity index is 3220. The van der Waals surface area contributed by atoms with Gasteiger partial charge < -0.3 is 51.5 Å². The van der Waals surface area contributed by atoms with E-state index in [1.807, 2.05) is 0 Å². The molecule has 2 aromatic heterocycles. The van der Waals surface area contributed by atoms with Crippen molar-refractivity contribution >= 4 is 229 Å². The number of aromatic nitrogens is 6. The molecule has 0 unspecified atom stereocenters. The second-order valence-corrected chi connectivity index (χ2v) is 20.4. The van der Waals surface area contributed by atoms with E-state index in [1.165, 1.54) is 58.3 Å². The van der Waals surface area contributed by atoms with Gasteiger partial charge in [-0.3, -0.25) is 18.2 Å². The van der Waals surface area contributed by atoms with Crippen molar-refractivity contribution in [1.29, 1.82) is 0 Å². The van der Waals surface area contributed by atoms with E-state index in [0.29, 0.717) is 0 Å². The van der Waals surface area contributed by atoms with Crippen LogP contribution in [0.15, 0.2) is 105 Å². The van der Waals surface area contributed by atoms with E-state index in [9.17, 15) is 72.3 Å². The number of hydrogen-bond donors (Lipinski definition) is 12. The fraction of sp³-hybridized carbons (Fsp3) is 0.200. The molecule has 12 N–H and O–H groups in total. The molecule has 0 atom stereocenters. The molecule has 0 bridgehead atoms. The van der Waals surface area contributed by atoms with Gasteiger partial charge in [0, 0.05) is 167 Å². The van der Waals surface area contributed by atoms with Crippen molar-refractivity contribution in [2.75, 3.05) is 83.7 Å². The van der Waals surface area contributed by atoms with E-state index >= 15 is 0 Å². The molecule has 0 fully saturated rings. The van der Waals surface area contributed by atoms with Gasteiger partial charge in [-0.15, -0.1) is 0 Å². The summed E-state index contributed by atoms with van der Waals surface area (Å²) in [4.78, 5) is 26.1. The summed E-state index contributed by atoms with van der Waals surface area (Å²) in [5, 5.41) is 49.7. The van der Waals surface area contributed by atoms with Gasteiger partial charge in [-0.05, 0) is 71.8 Å². The topological polar surface area (TPSA) is 430 Å². The van der Waals surface area contributed by atoms with Crippen molar-refractivity contribution in [3.8, 4) is 0 Å². The van der Waals surface area contributed by atoms with Gasteiger partial charge in [0.15, 0.2) is 0 Å². The summed E-state index contributed by atoms with van der Waals surface area (Å²) in [7, 11) is -19.3. The summed E-state index contributed by atoms with van der Waals surface area (Å²) in [6.45, 7) is -1.83. The van der Waals surface area contributed by atoms with Crippen molar-refractivity contribution in [3.05, 3.63) is 96.1 Å². The maximum atomic E-state index is 12.8. The van der Waals surface area contributed by atoms with Gasteiger partial charge in [-0.25, -0.2) is 0 Å². The molecule has 0 saturated carbocycles. The predicted molar refractivity (Wildman–Crippen MR) is 283 cm³/mol. The average Bonchev–Trinajstić information content (AvgIpc) is 3.30. The summed E-state index contributed by atoms with van der Waals surface area (Å²) in [5.74, 6) is -1.18. The summed E-state index contributed by atoms with van der Waals surface area (Å²) >= 11 is 0. The van der Waals surface area contributed by atoms with E-state index in [2.05, 4.69) is 51.2 Å². The van der Waals surface area contributed by atoms with Crippen LogP contribution in [0.1, 0.15) is 11.1 Å². The Morgan fingerprint density at radius 3 is 0.947 bits per heavy atom. The number of aliphatic hydroxyl groups excluding tert-OH is 4. The van der Waals surface area contributed by atoms with Gasteiger partial charge in [0.05, 0.1) is 36.2 Å². The van der Waals surface area contributed by atoms with Gasteiger partial charge in [-0.1, -0.05) is 36.4 Å². The number of hydrogen-bond acceptors (Lipinski definition) is 24. The maximum Gasteiger partial charge on any atom is 0.295 e. The third-order valence-electron chi connectivity index (χ3n) is 9.61. The zero-order valence-electron chi connectivity index (χ0n) is 40.9. The fourth-order valence-corrected chi connectivity index (χ4v) is 8.93. The summed E-state index contributed by atoms with van der Waals surface area (Å²) in [5.41, 5.74) is -0.244. The minimum Gasteiger partial charge on any atom is -0.395 e. The second-order valence-electron chi connectivity index (χ2n) is 14.7. The zero-order valence-corrected chi connectivity index (χ0v) is 52.2. The first kappa shape index (κ1) is 69.0. The Morgan fingerprint density at radius 2 is 0.684 bits per heavy atom. The quantitative estimate of drug-likeness (QED) is 0.0219. The first-order valence-electron chi connectivity index (χ1n) is 20.6. The molecule has 76 heavy (non-hydrogen) atoms. The van der Waals surface area contributed by atoms with Crippen LogP contribution in [0.5, 0.6) is 0 Å². The monoisotopic (exact) mass is 1170 g/mol. The van der Waals surface area contributed by atoms with Crippen LogP contribution in [0, 0.1) is 0 Å². The van der Waals surface area contributed by atoms with Crippen molar-refractivity contribution < 1.29 is 72.3 Å². The molecule has 0 aliphatic heterocycles. The van der Waals surface area contributed by atoms with E-state index in [0.717, 1.165) is 48.6 Å². The Labute approximate surface area is 524 Å². The minimum absolute atomic E-state index is 0. The fourth-order valence-electron chi connectivity index (χ4n) is 6.45. The van der Waals surface area contributed by atoms with Crippen LogP contribution in [0.3, 0.4) is 0 Å². The minimum atomic E-state index is -5.04. The van der Waals surface area contributed by atoms with Crippen molar-refractivity contribution in [2.24, 2.45) is 0 Å². The molecule has 4 radical (unpaired) electrons. The molecule has 0 aliphatic rings. The normalized spacial score (nSPS) is 11.5. The molecule has 2 heterocycles. The molecular weight excluding hydrogens is 1120 g/mol. The van der Waals surface area contributed by atoms with E-state index in [-0.39, 0.29) is 214 Å². The Kier molecular flexibility index (Phi) is 27.7. The largest absolute Gasteiger partial charge is 0.395 e. The molecular formula is C40H44N12Na4O16S4. The predicted octanol–water partition coefficient (Wildman–Crippen LogP) is 0.247. The van der Waals surface area contributed by atoms with Gasteiger partial charge in [0.2, 0.25) is 35.7 Å². The molecule has 4 aromatic carbocycles. The van der Waals surface area contributed by atoms with Crippen molar-refractivity contribution in [2.45, 2.75) is 19.6 Å². The van der Waals surface area contributed by atoms with Gasteiger partial charge in [0.25, 0.3) is 40.5 Å². The smallest absolute Gasteiger partial charge is 0.295 e. The van der Waals surface area contributed by atoms with Crippen molar-refractivity contribution in [1.82, 2.24) is 29.9 Å². The van der Waals surface area contributed by atoms with E-state index in [4.69, 9.17) is 0 Å². The Balaban J connectivity index is 0.00000494. The molecule has 0 spiro atoms. The maximum absolute atomic E-state index is 12.8. The van der Waals surface area contributed by atoms with E-state index in [1.54, 1.807) is 0 Å². The van der Waals surface area contributed by atoms with Crippen LogP contribution in [-0.4, -0.2) is 273 Å². The SMILES string of the molecule is O=S(=O)(O)c1cccc(Nc2nc(Nc3ccc(C=Cc4ccc(Nc5nc(Nc6cccc(S(=O)(=O)O)c6)nc(N(CCO)CCO)n5)cc4S(=O)(=O)O)c(S(=O)(=O)O)c3)nc(N(CCO)CCO)n2)c1.[Na].[Na].[Na].[Na]. The first-order valence-corrected chi connectivity index (χ1v) is 26.3. The van der Waals surface area contributed by atoms with Crippen LogP contribution in [0.25, 0.3) is 12.2 Å². The summed E-state index contributed by atoms with van der Waals surface area (Å²) in [6, 6.07) is 17.0. The number of nitrogens with one attached hydrogen (secondary N) is 4. The Morgan fingerprint density at radius 1 is 0.395 bits per heavy atom. The van der Waals surface area contributed by atoms with Gasteiger partial charge >= 0.3 is 0 Å². The molecule has 6 aromatic rings. The molecule has 36 heteroatoms.